The van der Waals surface area contributed by atoms with Gasteiger partial charge in [0.1, 0.15) is 0 Å². The van der Waals surface area contributed by atoms with Gasteiger partial charge in [0.05, 0.1) is 29.3 Å². The van der Waals surface area contributed by atoms with E-state index in [-0.39, 0.29) is 23.6 Å². The zero-order valence-corrected chi connectivity index (χ0v) is 13.2. The standard InChI is InChI=1S/C14H18BrNO4/c1-14(7-4-3-5-9(14)13(18)19-2)16-12(17)11-10(15)6-8-20-11/h6,8-9H,3-5,7H2,1-2H3,(H,16,17). The predicted octanol–water partition coefficient (Wildman–Crippen LogP) is 2.89. The number of carbonyl (C=O) groups is 2. The summed E-state index contributed by atoms with van der Waals surface area (Å²) in [5, 5.41) is 2.94. The second-order valence-corrected chi connectivity index (χ2v) is 6.15. The number of methoxy groups -OCH3 is 1. The van der Waals surface area contributed by atoms with Gasteiger partial charge in [-0.3, -0.25) is 9.59 Å². The first-order valence-corrected chi connectivity index (χ1v) is 7.40. The topological polar surface area (TPSA) is 68.5 Å². The maximum absolute atomic E-state index is 12.3. The minimum Gasteiger partial charge on any atom is -0.469 e. The Hall–Kier alpha value is -1.30. The van der Waals surface area contributed by atoms with Gasteiger partial charge in [0.15, 0.2) is 0 Å². The minimum absolute atomic E-state index is 0.223. The van der Waals surface area contributed by atoms with E-state index in [4.69, 9.17) is 9.15 Å². The van der Waals surface area contributed by atoms with E-state index >= 15 is 0 Å². The molecule has 0 saturated heterocycles. The van der Waals surface area contributed by atoms with Crippen molar-refractivity contribution >= 4 is 27.8 Å². The van der Waals surface area contributed by atoms with Crippen molar-refractivity contribution in [2.45, 2.75) is 38.1 Å². The number of rotatable bonds is 3. The van der Waals surface area contributed by atoms with E-state index in [1.165, 1.54) is 13.4 Å². The number of ether oxygens (including phenoxy) is 1. The SMILES string of the molecule is COC(=O)C1CCCCC1(C)NC(=O)c1occc1Br. The molecule has 0 spiro atoms. The van der Waals surface area contributed by atoms with E-state index in [0.29, 0.717) is 4.47 Å². The number of carbonyl (C=O) groups excluding carboxylic acids is 2. The van der Waals surface area contributed by atoms with E-state index < -0.39 is 5.54 Å². The summed E-state index contributed by atoms with van der Waals surface area (Å²) in [6.07, 6.45) is 4.86. The van der Waals surface area contributed by atoms with Crippen molar-refractivity contribution in [1.82, 2.24) is 5.32 Å². The molecule has 0 aliphatic heterocycles. The molecule has 2 unspecified atom stereocenters. The largest absolute Gasteiger partial charge is 0.469 e. The van der Waals surface area contributed by atoms with Gasteiger partial charge in [0.25, 0.3) is 5.91 Å². The highest BCUT2D eigenvalue weighted by Crippen LogP contribution is 2.35. The zero-order chi connectivity index (χ0) is 14.8. The van der Waals surface area contributed by atoms with Gasteiger partial charge in [0, 0.05) is 0 Å². The normalized spacial score (nSPS) is 26.1. The van der Waals surface area contributed by atoms with Crippen molar-refractivity contribution < 1.29 is 18.7 Å². The van der Waals surface area contributed by atoms with Crippen LogP contribution in [0.1, 0.15) is 43.2 Å². The first-order chi connectivity index (χ1) is 9.48. The summed E-state index contributed by atoms with van der Waals surface area (Å²) in [6.45, 7) is 1.89. The molecule has 1 heterocycles. The van der Waals surface area contributed by atoms with Crippen molar-refractivity contribution in [2.75, 3.05) is 7.11 Å². The fourth-order valence-corrected chi connectivity index (χ4v) is 3.16. The molecule has 1 amide bonds. The number of esters is 1. The Labute approximate surface area is 126 Å². The summed E-state index contributed by atoms with van der Waals surface area (Å²) < 4.78 is 10.6. The van der Waals surface area contributed by atoms with Crippen molar-refractivity contribution in [1.29, 1.82) is 0 Å². The highest BCUT2D eigenvalue weighted by Gasteiger charge is 2.43. The van der Waals surface area contributed by atoms with Crippen LogP contribution in [-0.4, -0.2) is 24.5 Å². The molecule has 5 nitrogen and oxygen atoms in total. The first kappa shape index (κ1) is 15.1. The van der Waals surface area contributed by atoms with Crippen molar-refractivity contribution in [3.63, 3.8) is 0 Å². The van der Waals surface area contributed by atoms with Crippen LogP contribution in [0, 0.1) is 5.92 Å². The Balaban J connectivity index is 2.18. The zero-order valence-electron chi connectivity index (χ0n) is 11.6. The minimum atomic E-state index is -0.603. The lowest BCUT2D eigenvalue weighted by molar-refractivity contribution is -0.149. The van der Waals surface area contributed by atoms with Crippen LogP contribution in [-0.2, 0) is 9.53 Å². The number of nitrogens with one attached hydrogen (secondary N) is 1. The highest BCUT2D eigenvalue weighted by molar-refractivity contribution is 9.10. The fourth-order valence-electron chi connectivity index (χ4n) is 2.78. The lowest BCUT2D eigenvalue weighted by Crippen LogP contribution is -2.55. The van der Waals surface area contributed by atoms with Crippen LogP contribution < -0.4 is 5.32 Å². The van der Waals surface area contributed by atoms with E-state index in [9.17, 15) is 9.59 Å². The van der Waals surface area contributed by atoms with E-state index in [2.05, 4.69) is 21.2 Å². The first-order valence-electron chi connectivity index (χ1n) is 6.61. The van der Waals surface area contributed by atoms with Gasteiger partial charge in [0.2, 0.25) is 5.76 Å². The highest BCUT2D eigenvalue weighted by atomic mass is 79.9. The second kappa shape index (κ2) is 5.99. The summed E-state index contributed by atoms with van der Waals surface area (Å²) in [5.41, 5.74) is -0.603. The van der Waals surface area contributed by atoms with Gasteiger partial charge >= 0.3 is 5.97 Å². The van der Waals surface area contributed by atoms with Crippen LogP contribution in [0.4, 0.5) is 0 Å². The maximum Gasteiger partial charge on any atom is 0.311 e. The smallest absolute Gasteiger partial charge is 0.311 e. The molecule has 2 rings (SSSR count). The molecule has 1 aliphatic rings. The lowest BCUT2D eigenvalue weighted by Gasteiger charge is -2.40. The molecular weight excluding hydrogens is 326 g/mol. The molecule has 1 aliphatic carbocycles. The third-order valence-corrected chi connectivity index (χ3v) is 4.54. The Morgan fingerprint density at radius 2 is 2.25 bits per heavy atom. The molecular formula is C14H18BrNO4. The van der Waals surface area contributed by atoms with Crippen LogP contribution in [0.2, 0.25) is 0 Å². The van der Waals surface area contributed by atoms with Gasteiger partial charge < -0.3 is 14.5 Å². The molecule has 1 N–H and O–H groups in total. The van der Waals surface area contributed by atoms with Crippen LogP contribution in [0.15, 0.2) is 21.2 Å². The van der Waals surface area contributed by atoms with Crippen LogP contribution in [0.3, 0.4) is 0 Å². The van der Waals surface area contributed by atoms with E-state index in [1.54, 1.807) is 6.07 Å². The molecule has 6 heteroatoms. The summed E-state index contributed by atoms with van der Waals surface area (Å²) in [7, 11) is 1.38. The molecule has 1 aromatic rings. The molecule has 1 saturated carbocycles. The fraction of sp³-hybridized carbons (Fsp3) is 0.571. The molecule has 0 bridgehead atoms. The average Bonchev–Trinajstić information content (AvgIpc) is 2.84. The molecule has 1 fully saturated rings. The number of hydrogen-bond acceptors (Lipinski definition) is 4. The predicted molar refractivity (Wildman–Crippen MR) is 76.3 cm³/mol. The molecule has 1 aromatic heterocycles. The average molecular weight is 344 g/mol. The number of amides is 1. The summed E-state index contributed by atoms with van der Waals surface area (Å²) in [4.78, 5) is 24.2. The summed E-state index contributed by atoms with van der Waals surface area (Å²) in [6, 6.07) is 1.66. The van der Waals surface area contributed by atoms with Gasteiger partial charge in [-0.05, 0) is 41.8 Å². The number of furan rings is 1. The number of halogens is 1. The van der Waals surface area contributed by atoms with E-state index in [1.807, 2.05) is 6.92 Å². The third kappa shape index (κ3) is 2.90. The van der Waals surface area contributed by atoms with E-state index in [0.717, 1.165) is 25.7 Å². The summed E-state index contributed by atoms with van der Waals surface area (Å²) in [5.74, 6) is -0.689. The maximum atomic E-state index is 12.3. The molecule has 2 atom stereocenters. The Kier molecular flexibility index (Phi) is 4.52. The molecule has 110 valence electrons. The third-order valence-electron chi connectivity index (χ3n) is 3.92. The lowest BCUT2D eigenvalue weighted by atomic mass is 9.74. The Bertz CT molecular complexity index is 513. The van der Waals surface area contributed by atoms with Crippen LogP contribution in [0.5, 0.6) is 0 Å². The summed E-state index contributed by atoms with van der Waals surface area (Å²) >= 11 is 3.26. The Morgan fingerprint density at radius 1 is 1.50 bits per heavy atom. The van der Waals surface area contributed by atoms with Gasteiger partial charge in [-0.25, -0.2) is 0 Å². The number of hydrogen-bond donors (Lipinski definition) is 1. The van der Waals surface area contributed by atoms with Crippen molar-refractivity contribution in [2.24, 2.45) is 5.92 Å². The van der Waals surface area contributed by atoms with Crippen LogP contribution in [0.25, 0.3) is 0 Å². The van der Waals surface area contributed by atoms with Gasteiger partial charge in [-0.15, -0.1) is 0 Å². The van der Waals surface area contributed by atoms with Crippen LogP contribution >= 0.6 is 15.9 Å². The molecule has 20 heavy (non-hydrogen) atoms. The van der Waals surface area contributed by atoms with Gasteiger partial charge in [-0.2, -0.15) is 0 Å². The second-order valence-electron chi connectivity index (χ2n) is 5.29. The quantitative estimate of drug-likeness (QED) is 0.856. The monoisotopic (exact) mass is 343 g/mol. The van der Waals surface area contributed by atoms with Crippen molar-refractivity contribution in [3.05, 3.63) is 22.6 Å². The van der Waals surface area contributed by atoms with Gasteiger partial charge in [-0.1, -0.05) is 12.8 Å². The van der Waals surface area contributed by atoms with Crippen molar-refractivity contribution in [3.8, 4) is 0 Å². The Morgan fingerprint density at radius 3 is 2.85 bits per heavy atom. The molecule has 0 radical (unpaired) electrons. The molecule has 0 aromatic carbocycles.